The summed E-state index contributed by atoms with van der Waals surface area (Å²) >= 11 is 6.12. The molecule has 0 spiro atoms. The van der Waals surface area contributed by atoms with Crippen LogP contribution in [0.3, 0.4) is 0 Å². The third-order valence-corrected chi connectivity index (χ3v) is 4.81. The van der Waals surface area contributed by atoms with Gasteiger partial charge in [0.15, 0.2) is 5.69 Å². The molecule has 0 unspecified atom stereocenters. The summed E-state index contributed by atoms with van der Waals surface area (Å²) in [5, 5.41) is 23.6. The zero-order valence-corrected chi connectivity index (χ0v) is 16.8. The molecule has 150 valence electrons. The molecule has 0 atom stereocenters. The van der Waals surface area contributed by atoms with Crippen molar-refractivity contribution in [3.63, 3.8) is 0 Å². The average Bonchev–Trinajstić information content (AvgIpc) is 2.74. The first kappa shape index (κ1) is 20.8. The molecule has 1 heterocycles. The Kier molecular flexibility index (Phi) is 6.00. The van der Waals surface area contributed by atoms with Crippen LogP contribution in [-0.2, 0) is 0 Å². The molecule has 0 aliphatic carbocycles. The Balaban J connectivity index is 2.18. The van der Waals surface area contributed by atoms with Crippen LogP contribution < -0.4 is 10.3 Å². The lowest BCUT2D eigenvalue weighted by Crippen LogP contribution is -2.28. The van der Waals surface area contributed by atoms with Gasteiger partial charge in [0.1, 0.15) is 17.4 Å². The van der Waals surface area contributed by atoms with Gasteiger partial charge in [-0.25, -0.2) is 4.79 Å². The molecule has 0 saturated carbocycles. The highest BCUT2D eigenvalue weighted by Gasteiger charge is 2.21. The maximum Gasteiger partial charge on any atom is 0.357 e. The third kappa shape index (κ3) is 4.09. The molecule has 7 nitrogen and oxygen atoms in total. The van der Waals surface area contributed by atoms with Crippen LogP contribution in [0.4, 0.5) is 0 Å². The van der Waals surface area contributed by atoms with Crippen LogP contribution in [0.2, 0.25) is 5.02 Å². The fourth-order valence-electron chi connectivity index (χ4n) is 2.75. The van der Waals surface area contributed by atoms with E-state index in [2.05, 4.69) is 5.10 Å². The number of nitriles is 1. The lowest BCUT2D eigenvalue weighted by Gasteiger charge is -2.10. The molecule has 1 N–H and O–H groups in total. The van der Waals surface area contributed by atoms with Gasteiger partial charge in [-0.05, 0) is 42.3 Å². The topological polar surface area (TPSA) is 105 Å². The van der Waals surface area contributed by atoms with Crippen LogP contribution in [0.15, 0.2) is 47.3 Å². The Morgan fingerprint density at radius 2 is 1.93 bits per heavy atom. The van der Waals surface area contributed by atoms with Crippen molar-refractivity contribution < 1.29 is 14.6 Å². The van der Waals surface area contributed by atoms with E-state index in [4.69, 9.17) is 16.3 Å². The van der Waals surface area contributed by atoms with Crippen LogP contribution >= 0.6 is 11.6 Å². The summed E-state index contributed by atoms with van der Waals surface area (Å²) in [5.41, 5.74) is 0.214. The number of halogens is 1. The second kappa shape index (κ2) is 8.64. The normalized spacial score (nSPS) is 10.7. The summed E-state index contributed by atoms with van der Waals surface area (Å²) in [5.74, 6) is -0.704. The number of aromatic carboxylic acids is 1. The number of aromatic nitrogens is 2. The van der Waals surface area contributed by atoms with Crippen molar-refractivity contribution >= 4 is 29.7 Å². The molecule has 0 amide bonds. The van der Waals surface area contributed by atoms with E-state index in [1.54, 1.807) is 56.5 Å². The number of rotatable bonds is 5. The van der Waals surface area contributed by atoms with Crippen LogP contribution in [0.5, 0.6) is 5.75 Å². The molecule has 3 rings (SSSR count). The molecule has 1 aromatic heterocycles. The van der Waals surface area contributed by atoms with Crippen molar-refractivity contribution in [2.75, 3.05) is 7.11 Å². The maximum atomic E-state index is 12.9. The van der Waals surface area contributed by atoms with E-state index in [-0.39, 0.29) is 16.8 Å². The van der Waals surface area contributed by atoms with Gasteiger partial charge in [0.05, 0.1) is 12.8 Å². The SMILES string of the molecule is COc1ccc(/C=C\c2c(C(=O)O)nn(-c3ccc(C)c(Cl)c3)c(=O)c2C#N)cc1. The number of hydrogen-bond acceptors (Lipinski definition) is 5. The van der Waals surface area contributed by atoms with E-state index < -0.39 is 17.2 Å². The Bertz CT molecular complexity index is 1260. The minimum atomic E-state index is -1.37. The van der Waals surface area contributed by atoms with Crippen LogP contribution in [0.1, 0.15) is 32.7 Å². The Labute approximate surface area is 177 Å². The summed E-state index contributed by atoms with van der Waals surface area (Å²) in [4.78, 5) is 24.7. The highest BCUT2D eigenvalue weighted by molar-refractivity contribution is 6.31. The van der Waals surface area contributed by atoms with E-state index in [0.29, 0.717) is 10.8 Å². The number of hydrogen-bond donors (Lipinski definition) is 1. The smallest absolute Gasteiger partial charge is 0.357 e. The highest BCUT2D eigenvalue weighted by atomic mass is 35.5. The molecule has 3 aromatic rings. The van der Waals surface area contributed by atoms with Crippen LogP contribution in [-0.4, -0.2) is 28.0 Å². The summed E-state index contributed by atoms with van der Waals surface area (Å²) in [7, 11) is 1.55. The third-order valence-electron chi connectivity index (χ3n) is 4.40. The summed E-state index contributed by atoms with van der Waals surface area (Å²) < 4.78 is 5.97. The predicted octanol–water partition coefficient (Wildman–Crippen LogP) is 3.94. The molecule has 0 aliphatic rings. The molecular weight excluding hydrogens is 406 g/mol. The molecule has 0 aliphatic heterocycles. The largest absolute Gasteiger partial charge is 0.497 e. The molecule has 0 fully saturated rings. The van der Waals surface area contributed by atoms with Gasteiger partial charge in [0, 0.05) is 10.6 Å². The number of benzene rings is 2. The summed E-state index contributed by atoms with van der Waals surface area (Å²) in [6, 6.07) is 13.5. The Hall–Kier alpha value is -3.89. The quantitative estimate of drug-likeness (QED) is 0.668. The minimum Gasteiger partial charge on any atom is -0.497 e. The zero-order chi connectivity index (χ0) is 21.8. The number of nitrogens with zero attached hydrogens (tertiary/aromatic N) is 3. The van der Waals surface area contributed by atoms with Crippen molar-refractivity contribution in [2.24, 2.45) is 0 Å². The molecule has 0 saturated heterocycles. The maximum absolute atomic E-state index is 12.9. The van der Waals surface area contributed by atoms with Gasteiger partial charge in [-0.3, -0.25) is 4.79 Å². The van der Waals surface area contributed by atoms with Gasteiger partial charge in [0.25, 0.3) is 5.56 Å². The van der Waals surface area contributed by atoms with Crippen LogP contribution in [0, 0.1) is 18.3 Å². The van der Waals surface area contributed by atoms with Crippen molar-refractivity contribution in [1.82, 2.24) is 9.78 Å². The van der Waals surface area contributed by atoms with Gasteiger partial charge in [-0.2, -0.15) is 15.0 Å². The molecule has 8 heteroatoms. The van der Waals surface area contributed by atoms with E-state index in [9.17, 15) is 20.0 Å². The first-order chi connectivity index (χ1) is 14.3. The minimum absolute atomic E-state index is 0.0692. The van der Waals surface area contributed by atoms with Crippen molar-refractivity contribution in [1.29, 1.82) is 5.26 Å². The first-order valence-corrected chi connectivity index (χ1v) is 9.13. The number of methoxy groups -OCH3 is 1. The fraction of sp³-hybridized carbons (Fsp3) is 0.0909. The van der Waals surface area contributed by atoms with E-state index >= 15 is 0 Å². The second-order valence-electron chi connectivity index (χ2n) is 6.31. The van der Waals surface area contributed by atoms with E-state index in [0.717, 1.165) is 15.8 Å². The fourth-order valence-corrected chi connectivity index (χ4v) is 2.92. The zero-order valence-electron chi connectivity index (χ0n) is 16.1. The summed E-state index contributed by atoms with van der Waals surface area (Å²) in [6.45, 7) is 1.79. The first-order valence-electron chi connectivity index (χ1n) is 8.75. The average molecular weight is 422 g/mol. The standard InChI is InChI=1S/C22H16ClN3O4/c1-13-3-7-15(11-19(13)23)26-21(27)18(12-24)17(20(25-26)22(28)29)10-6-14-4-8-16(30-2)9-5-14/h3-11H,1-2H3,(H,28,29)/b10-6-. The highest BCUT2D eigenvalue weighted by Crippen LogP contribution is 2.20. The lowest BCUT2D eigenvalue weighted by molar-refractivity contribution is 0.0688. The van der Waals surface area contributed by atoms with E-state index in [1.165, 1.54) is 12.1 Å². The van der Waals surface area contributed by atoms with E-state index in [1.807, 2.05) is 6.07 Å². The molecule has 2 aromatic carbocycles. The lowest BCUT2D eigenvalue weighted by atomic mass is 10.1. The number of carboxylic acid groups (broad SMARTS) is 1. The Morgan fingerprint density at radius 3 is 2.50 bits per heavy atom. The second-order valence-corrected chi connectivity index (χ2v) is 6.72. The van der Waals surface area contributed by atoms with Crippen LogP contribution in [0.25, 0.3) is 17.8 Å². The Morgan fingerprint density at radius 1 is 1.23 bits per heavy atom. The van der Waals surface area contributed by atoms with Gasteiger partial charge >= 0.3 is 5.97 Å². The van der Waals surface area contributed by atoms with Gasteiger partial charge < -0.3 is 9.84 Å². The predicted molar refractivity (Wildman–Crippen MR) is 113 cm³/mol. The molecule has 30 heavy (non-hydrogen) atoms. The van der Waals surface area contributed by atoms with Gasteiger partial charge in [0.2, 0.25) is 0 Å². The monoisotopic (exact) mass is 421 g/mol. The summed E-state index contributed by atoms with van der Waals surface area (Å²) in [6.07, 6.45) is 2.99. The van der Waals surface area contributed by atoms with Crippen molar-refractivity contribution in [2.45, 2.75) is 6.92 Å². The van der Waals surface area contributed by atoms with Crippen molar-refractivity contribution in [3.8, 4) is 17.5 Å². The van der Waals surface area contributed by atoms with Gasteiger partial charge in [-0.15, -0.1) is 0 Å². The molecular formula is C22H16ClN3O4. The van der Waals surface area contributed by atoms with Crippen molar-refractivity contribution in [3.05, 3.63) is 85.8 Å². The van der Waals surface area contributed by atoms with Gasteiger partial charge in [-0.1, -0.05) is 42.0 Å². The molecule has 0 radical (unpaired) electrons. The molecule has 0 bridgehead atoms. The number of aryl methyl sites for hydroxylation is 1. The number of carbonyl (C=O) groups is 1. The number of carboxylic acids is 1. The number of ether oxygens (including phenoxy) is 1.